The van der Waals surface area contributed by atoms with Gasteiger partial charge in [-0.1, -0.05) is 6.58 Å². The van der Waals surface area contributed by atoms with Crippen molar-refractivity contribution in [3.05, 3.63) is 12.7 Å². The Morgan fingerprint density at radius 3 is 3.00 bits per heavy atom. The van der Waals surface area contributed by atoms with Gasteiger partial charge in [-0.25, -0.2) is 4.79 Å². The van der Waals surface area contributed by atoms with Crippen LogP contribution in [0.15, 0.2) is 12.7 Å². The molecule has 0 heterocycles. The Kier molecular flexibility index (Phi) is 6.32. The van der Waals surface area contributed by atoms with E-state index in [1.54, 1.807) is 6.92 Å². The number of nitrogens with one attached hydrogen (secondary N) is 1. The van der Waals surface area contributed by atoms with E-state index in [0.717, 1.165) is 6.08 Å². The molecule has 0 fully saturated rings. The maximum atomic E-state index is 10.6. The highest BCUT2D eigenvalue weighted by Crippen LogP contribution is 1.87. The molecular formula is C8H15NO3. The van der Waals surface area contributed by atoms with Crippen molar-refractivity contribution in [3.63, 3.8) is 0 Å². The maximum Gasteiger partial charge on any atom is 0.331 e. The van der Waals surface area contributed by atoms with Gasteiger partial charge in [0.2, 0.25) is 0 Å². The molecule has 70 valence electrons. The van der Waals surface area contributed by atoms with E-state index in [-0.39, 0.29) is 12.8 Å². The molecule has 0 aromatic heterocycles. The van der Waals surface area contributed by atoms with E-state index >= 15 is 0 Å². The van der Waals surface area contributed by atoms with E-state index in [0.29, 0.717) is 13.0 Å². The molecule has 4 heteroatoms. The summed E-state index contributed by atoms with van der Waals surface area (Å²) in [6, 6.07) is 0. The zero-order valence-corrected chi connectivity index (χ0v) is 7.25. The minimum absolute atomic E-state index is 0.134. The summed E-state index contributed by atoms with van der Waals surface area (Å²) in [6.07, 6.45) is 1.43. The van der Waals surface area contributed by atoms with E-state index < -0.39 is 5.97 Å². The van der Waals surface area contributed by atoms with E-state index in [4.69, 9.17) is 9.84 Å². The van der Waals surface area contributed by atoms with Gasteiger partial charge in [-0.15, -0.1) is 0 Å². The van der Waals surface area contributed by atoms with Gasteiger partial charge in [-0.3, -0.25) is 5.32 Å². The first-order chi connectivity index (χ1) is 5.70. The molecule has 0 saturated heterocycles. The monoisotopic (exact) mass is 173 g/mol. The molecule has 0 radical (unpaired) electrons. The van der Waals surface area contributed by atoms with Crippen molar-refractivity contribution in [2.45, 2.75) is 19.6 Å². The first-order valence-electron chi connectivity index (χ1n) is 3.88. The highest BCUT2D eigenvalue weighted by Gasteiger charge is 2.03. The third-order valence-corrected chi connectivity index (χ3v) is 1.23. The van der Waals surface area contributed by atoms with E-state index in [1.165, 1.54) is 0 Å². The quantitative estimate of drug-likeness (QED) is 0.257. The van der Waals surface area contributed by atoms with Crippen LogP contribution in [0.25, 0.3) is 0 Å². The van der Waals surface area contributed by atoms with Crippen LogP contribution in [0.4, 0.5) is 0 Å². The van der Waals surface area contributed by atoms with Gasteiger partial charge in [-0.05, 0) is 13.3 Å². The Morgan fingerprint density at radius 2 is 2.50 bits per heavy atom. The predicted octanol–water partition coefficient (Wildman–Crippen LogP) is 0.0336. The fourth-order valence-electron chi connectivity index (χ4n) is 0.648. The Labute approximate surface area is 72.2 Å². The van der Waals surface area contributed by atoms with Gasteiger partial charge in [0.15, 0.2) is 6.23 Å². The van der Waals surface area contributed by atoms with Crippen molar-refractivity contribution in [1.82, 2.24) is 5.32 Å². The Hall–Kier alpha value is -0.870. The lowest BCUT2D eigenvalue weighted by atomic mass is 10.4. The zero-order valence-electron chi connectivity index (χ0n) is 7.25. The number of aliphatic hydroxyl groups excluding tert-OH is 1. The average molecular weight is 173 g/mol. The van der Waals surface area contributed by atoms with Crippen LogP contribution in [0.5, 0.6) is 0 Å². The molecule has 0 aromatic carbocycles. The van der Waals surface area contributed by atoms with E-state index in [1.807, 2.05) is 0 Å². The van der Waals surface area contributed by atoms with Crippen LogP contribution in [0.2, 0.25) is 0 Å². The van der Waals surface area contributed by atoms with Gasteiger partial charge in [0.25, 0.3) is 0 Å². The molecule has 0 amide bonds. The minimum Gasteiger partial charge on any atom is -0.444 e. The maximum absolute atomic E-state index is 10.6. The Morgan fingerprint density at radius 1 is 1.83 bits per heavy atom. The van der Waals surface area contributed by atoms with Crippen LogP contribution in [0, 0.1) is 0 Å². The SMILES string of the molecule is C=CC(=O)OC(C)NCCCO. The topological polar surface area (TPSA) is 58.6 Å². The number of hydrogen-bond acceptors (Lipinski definition) is 4. The van der Waals surface area contributed by atoms with Crippen LogP contribution in [0.1, 0.15) is 13.3 Å². The molecule has 0 aromatic rings. The minimum atomic E-state index is -0.445. The third-order valence-electron chi connectivity index (χ3n) is 1.23. The fraction of sp³-hybridized carbons (Fsp3) is 0.625. The number of aliphatic hydroxyl groups is 1. The third kappa shape index (κ3) is 5.88. The molecule has 1 atom stereocenters. The molecule has 0 bridgehead atoms. The molecule has 12 heavy (non-hydrogen) atoms. The molecule has 4 nitrogen and oxygen atoms in total. The number of rotatable bonds is 6. The summed E-state index contributed by atoms with van der Waals surface area (Å²) in [5.41, 5.74) is 0. The molecule has 0 saturated carbocycles. The van der Waals surface area contributed by atoms with E-state index in [9.17, 15) is 4.79 Å². The summed E-state index contributed by atoms with van der Waals surface area (Å²) in [5, 5.41) is 11.3. The van der Waals surface area contributed by atoms with Crippen molar-refractivity contribution in [1.29, 1.82) is 0 Å². The summed E-state index contributed by atoms with van der Waals surface area (Å²) < 4.78 is 4.80. The molecule has 2 N–H and O–H groups in total. The van der Waals surface area contributed by atoms with Gasteiger partial charge in [0, 0.05) is 19.2 Å². The number of hydrogen-bond donors (Lipinski definition) is 2. The second-order valence-corrected chi connectivity index (χ2v) is 2.31. The number of ether oxygens (including phenoxy) is 1. The van der Waals surface area contributed by atoms with Crippen LogP contribution < -0.4 is 5.32 Å². The molecule has 0 aliphatic rings. The highest BCUT2D eigenvalue weighted by atomic mass is 16.6. The molecular weight excluding hydrogens is 158 g/mol. The molecule has 0 aliphatic carbocycles. The first kappa shape index (κ1) is 11.1. The second-order valence-electron chi connectivity index (χ2n) is 2.31. The van der Waals surface area contributed by atoms with Crippen LogP contribution in [-0.4, -0.2) is 30.5 Å². The first-order valence-corrected chi connectivity index (χ1v) is 3.88. The average Bonchev–Trinajstić information content (AvgIpc) is 2.05. The van der Waals surface area contributed by atoms with Crippen molar-refractivity contribution >= 4 is 5.97 Å². The summed E-state index contributed by atoms with van der Waals surface area (Å²) in [6.45, 7) is 5.75. The van der Waals surface area contributed by atoms with Gasteiger partial charge >= 0.3 is 5.97 Å². The predicted molar refractivity (Wildman–Crippen MR) is 45.5 cm³/mol. The van der Waals surface area contributed by atoms with Crippen molar-refractivity contribution in [2.75, 3.05) is 13.2 Å². The van der Waals surface area contributed by atoms with Gasteiger partial charge in [0.1, 0.15) is 0 Å². The van der Waals surface area contributed by atoms with Gasteiger partial charge in [-0.2, -0.15) is 0 Å². The molecule has 0 spiro atoms. The Bertz CT molecular complexity index is 147. The van der Waals surface area contributed by atoms with E-state index in [2.05, 4.69) is 11.9 Å². The van der Waals surface area contributed by atoms with Crippen molar-refractivity contribution in [3.8, 4) is 0 Å². The number of esters is 1. The lowest BCUT2D eigenvalue weighted by Crippen LogP contribution is -2.31. The van der Waals surface area contributed by atoms with Gasteiger partial charge < -0.3 is 9.84 Å². The molecule has 1 unspecified atom stereocenters. The van der Waals surface area contributed by atoms with Crippen molar-refractivity contribution in [2.24, 2.45) is 0 Å². The summed E-state index contributed by atoms with van der Waals surface area (Å²) in [4.78, 5) is 10.6. The second kappa shape index (κ2) is 6.82. The fourth-order valence-corrected chi connectivity index (χ4v) is 0.648. The largest absolute Gasteiger partial charge is 0.444 e. The van der Waals surface area contributed by atoms with Crippen molar-refractivity contribution < 1.29 is 14.6 Å². The summed E-state index contributed by atoms with van der Waals surface area (Å²) in [5.74, 6) is -0.445. The standard InChI is InChI=1S/C8H15NO3/c1-3-8(11)12-7(2)9-5-4-6-10/h3,7,9-10H,1,4-6H2,2H3. The smallest absolute Gasteiger partial charge is 0.331 e. The summed E-state index contributed by atoms with van der Waals surface area (Å²) in [7, 11) is 0. The number of carbonyl (C=O) groups is 1. The molecule has 0 rings (SSSR count). The number of carbonyl (C=O) groups excluding carboxylic acids is 1. The lowest BCUT2D eigenvalue weighted by molar-refractivity contribution is -0.143. The zero-order chi connectivity index (χ0) is 9.40. The van der Waals surface area contributed by atoms with Crippen LogP contribution in [0.3, 0.4) is 0 Å². The van der Waals surface area contributed by atoms with Gasteiger partial charge in [0.05, 0.1) is 0 Å². The summed E-state index contributed by atoms with van der Waals surface area (Å²) >= 11 is 0. The highest BCUT2D eigenvalue weighted by molar-refractivity contribution is 5.81. The van der Waals surface area contributed by atoms with Crippen LogP contribution in [-0.2, 0) is 9.53 Å². The Balaban J connectivity index is 3.38. The normalized spacial score (nSPS) is 12.2. The van der Waals surface area contributed by atoms with Crippen LogP contribution >= 0.6 is 0 Å². The lowest BCUT2D eigenvalue weighted by Gasteiger charge is -2.12. The molecule has 0 aliphatic heterocycles.